The number of aliphatic carboxylic acids is 1. The highest BCUT2D eigenvalue weighted by Crippen LogP contribution is 2.37. The van der Waals surface area contributed by atoms with Crippen LogP contribution < -0.4 is 10.1 Å². The summed E-state index contributed by atoms with van der Waals surface area (Å²) >= 11 is 1.52. The number of nitrogens with one attached hydrogen (secondary N) is 1. The van der Waals surface area contributed by atoms with Gasteiger partial charge in [-0.1, -0.05) is 26.0 Å². The average molecular weight is 371 g/mol. The molecule has 2 aromatic heterocycles. The Labute approximate surface area is 155 Å². The van der Waals surface area contributed by atoms with E-state index in [1.54, 1.807) is 7.11 Å². The first-order valence-corrected chi connectivity index (χ1v) is 9.18. The van der Waals surface area contributed by atoms with Gasteiger partial charge in [0, 0.05) is 10.9 Å². The predicted molar refractivity (Wildman–Crippen MR) is 104 cm³/mol. The van der Waals surface area contributed by atoms with Crippen LogP contribution in [0.4, 0.5) is 5.82 Å². The van der Waals surface area contributed by atoms with Crippen LogP contribution in [0, 0.1) is 12.8 Å². The van der Waals surface area contributed by atoms with E-state index in [9.17, 15) is 9.90 Å². The Morgan fingerprint density at radius 2 is 1.92 bits per heavy atom. The molecule has 7 heteroatoms. The molecule has 136 valence electrons. The van der Waals surface area contributed by atoms with E-state index in [1.807, 2.05) is 50.4 Å². The summed E-state index contributed by atoms with van der Waals surface area (Å²) < 4.78 is 5.22. The van der Waals surface area contributed by atoms with Crippen LogP contribution in [0.2, 0.25) is 0 Å². The summed E-state index contributed by atoms with van der Waals surface area (Å²) in [5.74, 6) is 0.965. The van der Waals surface area contributed by atoms with Crippen LogP contribution in [-0.2, 0) is 4.79 Å². The van der Waals surface area contributed by atoms with Crippen molar-refractivity contribution in [3.8, 4) is 16.9 Å². The molecule has 26 heavy (non-hydrogen) atoms. The van der Waals surface area contributed by atoms with Crippen LogP contribution >= 0.6 is 11.3 Å². The molecule has 0 saturated carbocycles. The zero-order valence-corrected chi connectivity index (χ0v) is 15.9. The Kier molecular flexibility index (Phi) is 5.08. The first kappa shape index (κ1) is 18.1. The molecular weight excluding hydrogens is 350 g/mol. The molecule has 2 N–H and O–H groups in total. The fraction of sp³-hybridized carbons (Fsp3) is 0.316. The van der Waals surface area contributed by atoms with E-state index >= 15 is 0 Å². The number of methoxy groups -OCH3 is 1. The van der Waals surface area contributed by atoms with Gasteiger partial charge in [0.1, 0.15) is 28.3 Å². The zero-order valence-electron chi connectivity index (χ0n) is 15.1. The van der Waals surface area contributed by atoms with Crippen molar-refractivity contribution in [1.82, 2.24) is 9.97 Å². The number of rotatable bonds is 6. The Bertz CT molecular complexity index is 935. The number of nitrogens with zero attached hydrogens (tertiary/aromatic N) is 2. The number of hydrogen-bond acceptors (Lipinski definition) is 6. The molecule has 0 radical (unpaired) electrons. The van der Waals surface area contributed by atoms with E-state index in [0.29, 0.717) is 11.6 Å². The number of carboxylic acid groups (broad SMARTS) is 1. The SMILES string of the molecule is COc1ccc(-c2csc3nc(C)nc(NC(C(=O)O)C(C)C)c23)cc1. The number of aryl methyl sites for hydroxylation is 1. The molecule has 0 fully saturated rings. The van der Waals surface area contributed by atoms with E-state index in [2.05, 4.69) is 15.3 Å². The van der Waals surface area contributed by atoms with Gasteiger partial charge in [0.05, 0.1) is 12.5 Å². The number of anilines is 1. The van der Waals surface area contributed by atoms with Crippen molar-refractivity contribution in [2.75, 3.05) is 12.4 Å². The number of carboxylic acids is 1. The minimum atomic E-state index is -0.898. The summed E-state index contributed by atoms with van der Waals surface area (Å²) in [6, 6.07) is 7.02. The summed E-state index contributed by atoms with van der Waals surface area (Å²) in [5.41, 5.74) is 1.98. The Morgan fingerprint density at radius 3 is 2.50 bits per heavy atom. The molecule has 1 atom stereocenters. The van der Waals surface area contributed by atoms with Gasteiger partial charge in [0.25, 0.3) is 0 Å². The van der Waals surface area contributed by atoms with E-state index in [0.717, 1.165) is 27.1 Å². The molecule has 3 rings (SSSR count). The van der Waals surface area contributed by atoms with Crippen LogP contribution in [0.3, 0.4) is 0 Å². The van der Waals surface area contributed by atoms with Crippen molar-refractivity contribution >= 4 is 33.3 Å². The van der Waals surface area contributed by atoms with Gasteiger partial charge in [-0.05, 0) is 30.5 Å². The van der Waals surface area contributed by atoms with E-state index < -0.39 is 12.0 Å². The third-order valence-electron chi connectivity index (χ3n) is 4.17. The van der Waals surface area contributed by atoms with Gasteiger partial charge in [-0.15, -0.1) is 11.3 Å². The van der Waals surface area contributed by atoms with E-state index in [-0.39, 0.29) is 5.92 Å². The number of thiophene rings is 1. The maximum absolute atomic E-state index is 11.6. The Balaban J connectivity index is 2.13. The van der Waals surface area contributed by atoms with Gasteiger partial charge in [-0.3, -0.25) is 0 Å². The third kappa shape index (κ3) is 3.48. The number of fused-ring (bicyclic) bond motifs is 1. The van der Waals surface area contributed by atoms with Crippen molar-refractivity contribution < 1.29 is 14.6 Å². The standard InChI is InChI=1S/C19H21N3O3S/c1-10(2)16(19(23)24)22-17-15-14(9-26-18(15)21-11(3)20-17)12-5-7-13(25-4)8-6-12/h5-10,16H,1-4H3,(H,23,24)(H,20,21,22). The molecule has 0 saturated heterocycles. The summed E-state index contributed by atoms with van der Waals surface area (Å²) in [6.07, 6.45) is 0. The number of hydrogen-bond donors (Lipinski definition) is 2. The van der Waals surface area contributed by atoms with Gasteiger partial charge in [0.15, 0.2) is 0 Å². The molecule has 3 aromatic rings. The normalized spacial score (nSPS) is 12.3. The molecule has 0 bridgehead atoms. The predicted octanol–water partition coefficient (Wildman–Crippen LogP) is 4.20. The molecule has 2 heterocycles. The smallest absolute Gasteiger partial charge is 0.326 e. The number of carbonyl (C=O) groups is 1. The molecule has 0 aliphatic rings. The lowest BCUT2D eigenvalue weighted by Gasteiger charge is -2.19. The maximum atomic E-state index is 11.6. The van der Waals surface area contributed by atoms with Crippen molar-refractivity contribution in [3.63, 3.8) is 0 Å². The second-order valence-corrected chi connectivity index (χ2v) is 7.24. The molecule has 0 spiro atoms. The molecule has 0 amide bonds. The van der Waals surface area contributed by atoms with E-state index in [4.69, 9.17) is 4.74 Å². The number of benzene rings is 1. The summed E-state index contributed by atoms with van der Waals surface area (Å²) in [6.45, 7) is 5.55. The quantitative estimate of drug-likeness (QED) is 0.676. The highest BCUT2D eigenvalue weighted by atomic mass is 32.1. The molecular formula is C19H21N3O3S. The molecule has 6 nitrogen and oxygen atoms in total. The first-order valence-electron chi connectivity index (χ1n) is 8.30. The lowest BCUT2D eigenvalue weighted by atomic mass is 10.0. The molecule has 0 aliphatic carbocycles. The minimum Gasteiger partial charge on any atom is -0.497 e. The molecule has 1 aromatic carbocycles. The fourth-order valence-corrected chi connectivity index (χ4v) is 3.79. The minimum absolute atomic E-state index is 0.0825. The van der Waals surface area contributed by atoms with E-state index in [1.165, 1.54) is 11.3 Å². The molecule has 1 unspecified atom stereocenters. The van der Waals surface area contributed by atoms with Crippen LogP contribution in [0.15, 0.2) is 29.6 Å². The van der Waals surface area contributed by atoms with Crippen LogP contribution in [0.25, 0.3) is 21.3 Å². The van der Waals surface area contributed by atoms with Crippen molar-refractivity contribution in [1.29, 1.82) is 0 Å². The lowest BCUT2D eigenvalue weighted by Crippen LogP contribution is -2.34. The first-order chi connectivity index (χ1) is 12.4. The monoisotopic (exact) mass is 371 g/mol. The molecule has 0 aliphatic heterocycles. The Hall–Kier alpha value is -2.67. The van der Waals surface area contributed by atoms with Gasteiger partial charge < -0.3 is 15.2 Å². The van der Waals surface area contributed by atoms with Gasteiger partial charge >= 0.3 is 5.97 Å². The van der Waals surface area contributed by atoms with Crippen LogP contribution in [0.5, 0.6) is 5.75 Å². The second-order valence-electron chi connectivity index (χ2n) is 6.38. The topological polar surface area (TPSA) is 84.3 Å². The highest BCUT2D eigenvalue weighted by Gasteiger charge is 2.24. The second kappa shape index (κ2) is 7.29. The van der Waals surface area contributed by atoms with Gasteiger partial charge in [-0.25, -0.2) is 14.8 Å². The van der Waals surface area contributed by atoms with Crippen LogP contribution in [-0.4, -0.2) is 34.2 Å². The summed E-state index contributed by atoms with van der Waals surface area (Å²) in [4.78, 5) is 21.4. The zero-order chi connectivity index (χ0) is 18.8. The van der Waals surface area contributed by atoms with Gasteiger partial charge in [0.2, 0.25) is 0 Å². The average Bonchev–Trinajstić information content (AvgIpc) is 3.02. The number of aromatic nitrogens is 2. The maximum Gasteiger partial charge on any atom is 0.326 e. The lowest BCUT2D eigenvalue weighted by molar-refractivity contribution is -0.138. The van der Waals surface area contributed by atoms with Gasteiger partial charge in [-0.2, -0.15) is 0 Å². The Morgan fingerprint density at radius 1 is 1.23 bits per heavy atom. The highest BCUT2D eigenvalue weighted by molar-refractivity contribution is 7.17. The van der Waals surface area contributed by atoms with Crippen LogP contribution in [0.1, 0.15) is 19.7 Å². The summed E-state index contributed by atoms with van der Waals surface area (Å²) in [5, 5.41) is 15.5. The van der Waals surface area contributed by atoms with Crippen molar-refractivity contribution in [2.24, 2.45) is 5.92 Å². The summed E-state index contributed by atoms with van der Waals surface area (Å²) in [7, 11) is 1.63. The fourth-order valence-electron chi connectivity index (χ4n) is 2.80. The largest absolute Gasteiger partial charge is 0.497 e. The van der Waals surface area contributed by atoms with Crippen molar-refractivity contribution in [2.45, 2.75) is 26.8 Å². The van der Waals surface area contributed by atoms with Crippen molar-refractivity contribution in [3.05, 3.63) is 35.5 Å². The number of ether oxygens (including phenoxy) is 1. The third-order valence-corrected chi connectivity index (χ3v) is 5.04.